The van der Waals surface area contributed by atoms with E-state index in [9.17, 15) is 10.1 Å². The Morgan fingerprint density at radius 3 is 2.26 bits per heavy atom. The maximum Gasteiger partial charge on any atom is 0.303 e. The molecular weight excluding hydrogens is 334 g/mol. The molecule has 0 unspecified atom stereocenters. The first kappa shape index (κ1) is 22.3. The summed E-state index contributed by atoms with van der Waals surface area (Å²) in [7, 11) is 0. The van der Waals surface area contributed by atoms with Crippen LogP contribution in [0.3, 0.4) is 0 Å². The van der Waals surface area contributed by atoms with Crippen molar-refractivity contribution in [3.05, 3.63) is 0 Å². The van der Waals surface area contributed by atoms with E-state index in [1.807, 2.05) is 0 Å². The first-order chi connectivity index (χ1) is 13.0. The molecule has 0 aromatic heterocycles. The van der Waals surface area contributed by atoms with Gasteiger partial charge in [0.15, 0.2) is 0 Å². The zero-order valence-electron chi connectivity index (χ0n) is 17.7. The van der Waals surface area contributed by atoms with Gasteiger partial charge in [0.1, 0.15) is 0 Å². The molecule has 2 saturated carbocycles. The summed E-state index contributed by atoms with van der Waals surface area (Å²) in [5.41, 5.74) is -0.202. The van der Waals surface area contributed by atoms with E-state index in [0.717, 1.165) is 37.0 Å². The Morgan fingerprint density at radius 1 is 1.07 bits per heavy atom. The second kappa shape index (κ2) is 11.1. The maximum absolute atomic E-state index is 10.8. The van der Waals surface area contributed by atoms with Crippen LogP contribution in [0.2, 0.25) is 0 Å². The minimum atomic E-state index is -0.720. The number of carboxylic acids is 1. The molecule has 0 aromatic carbocycles. The lowest BCUT2D eigenvalue weighted by atomic mass is 9.60. The largest absolute Gasteiger partial charge is 0.481 e. The topological polar surface area (TPSA) is 61.1 Å². The molecule has 2 fully saturated rings. The SMILES string of the molecule is CCCCCC1CCC([C@H]2CC[C@](C#N)([C@@H](C)CCCC(=O)O)CC2)CC1. The number of nitrogens with zero attached hydrogens (tertiary/aromatic N) is 1. The molecule has 0 aromatic rings. The van der Waals surface area contributed by atoms with Crippen molar-refractivity contribution in [2.75, 3.05) is 0 Å². The van der Waals surface area contributed by atoms with Crippen molar-refractivity contribution in [1.82, 2.24) is 0 Å². The molecule has 0 spiro atoms. The summed E-state index contributed by atoms with van der Waals surface area (Å²) in [6.07, 6.45) is 17.5. The Bertz CT molecular complexity index is 479. The van der Waals surface area contributed by atoms with Gasteiger partial charge in [-0.1, -0.05) is 52.4 Å². The van der Waals surface area contributed by atoms with E-state index < -0.39 is 5.97 Å². The molecular formula is C24H41NO2. The average Bonchev–Trinajstić information content (AvgIpc) is 2.68. The van der Waals surface area contributed by atoms with Gasteiger partial charge in [0, 0.05) is 6.42 Å². The lowest BCUT2D eigenvalue weighted by Crippen LogP contribution is -2.35. The minimum absolute atomic E-state index is 0.202. The minimum Gasteiger partial charge on any atom is -0.481 e. The third kappa shape index (κ3) is 6.51. The first-order valence-corrected chi connectivity index (χ1v) is 11.6. The summed E-state index contributed by atoms with van der Waals surface area (Å²) in [5.74, 6) is 2.30. The molecule has 0 heterocycles. The van der Waals surface area contributed by atoms with Crippen LogP contribution in [0.5, 0.6) is 0 Å². The summed E-state index contributed by atoms with van der Waals surface area (Å²) in [6, 6.07) is 2.67. The summed E-state index contributed by atoms with van der Waals surface area (Å²) >= 11 is 0. The van der Waals surface area contributed by atoms with Crippen LogP contribution in [0.4, 0.5) is 0 Å². The highest BCUT2D eigenvalue weighted by molar-refractivity contribution is 5.66. The van der Waals surface area contributed by atoms with Crippen LogP contribution in [-0.2, 0) is 4.79 Å². The highest BCUT2D eigenvalue weighted by Crippen LogP contribution is 2.49. The fourth-order valence-corrected chi connectivity index (χ4v) is 5.81. The number of carbonyl (C=O) groups is 1. The molecule has 154 valence electrons. The predicted octanol–water partition coefficient (Wildman–Crippen LogP) is 6.96. The number of unbranched alkanes of at least 4 members (excludes halogenated alkanes) is 2. The molecule has 0 saturated heterocycles. The van der Waals surface area contributed by atoms with Crippen LogP contribution in [0.15, 0.2) is 0 Å². The second-order valence-electron chi connectivity index (χ2n) is 9.57. The van der Waals surface area contributed by atoms with Crippen LogP contribution >= 0.6 is 0 Å². The number of carboxylic acid groups (broad SMARTS) is 1. The quantitative estimate of drug-likeness (QED) is 0.420. The van der Waals surface area contributed by atoms with Crippen molar-refractivity contribution in [3.8, 4) is 6.07 Å². The molecule has 0 aliphatic heterocycles. The monoisotopic (exact) mass is 375 g/mol. The number of hydrogen-bond acceptors (Lipinski definition) is 2. The van der Waals surface area contributed by atoms with Gasteiger partial charge in [0.05, 0.1) is 11.5 Å². The summed E-state index contributed by atoms with van der Waals surface area (Å²) < 4.78 is 0. The molecule has 0 amide bonds. The van der Waals surface area contributed by atoms with Gasteiger partial charge in [-0.2, -0.15) is 5.26 Å². The fraction of sp³-hybridized carbons (Fsp3) is 0.917. The molecule has 2 rings (SSSR count). The van der Waals surface area contributed by atoms with Gasteiger partial charge < -0.3 is 5.11 Å². The Morgan fingerprint density at radius 2 is 1.70 bits per heavy atom. The normalized spacial score (nSPS) is 32.6. The molecule has 2 aliphatic rings. The van der Waals surface area contributed by atoms with Crippen molar-refractivity contribution in [3.63, 3.8) is 0 Å². The molecule has 0 bridgehead atoms. The summed E-state index contributed by atoms with van der Waals surface area (Å²) in [5, 5.41) is 18.7. The fourth-order valence-electron chi connectivity index (χ4n) is 5.81. The van der Waals surface area contributed by atoms with E-state index >= 15 is 0 Å². The summed E-state index contributed by atoms with van der Waals surface area (Å²) in [6.45, 7) is 4.46. The molecule has 2 aliphatic carbocycles. The highest BCUT2D eigenvalue weighted by atomic mass is 16.4. The van der Waals surface area contributed by atoms with E-state index in [4.69, 9.17) is 5.11 Å². The standard InChI is InChI=1S/C24H41NO2/c1-3-4-5-8-20-10-12-21(13-11-20)22-14-16-24(18-25,17-15-22)19(2)7-6-9-23(26)27/h19-22H,3-17H2,1-2H3,(H,26,27)/t19-,20?,21?,22-,24-/m0/s1. The van der Waals surface area contributed by atoms with Crippen LogP contribution in [0.25, 0.3) is 0 Å². The lowest BCUT2D eigenvalue weighted by molar-refractivity contribution is -0.137. The van der Waals surface area contributed by atoms with Crippen LogP contribution < -0.4 is 0 Å². The highest BCUT2D eigenvalue weighted by Gasteiger charge is 2.41. The Balaban J connectivity index is 1.75. The smallest absolute Gasteiger partial charge is 0.303 e. The van der Waals surface area contributed by atoms with E-state index in [-0.39, 0.29) is 11.8 Å². The van der Waals surface area contributed by atoms with E-state index in [1.165, 1.54) is 64.2 Å². The lowest BCUT2D eigenvalue weighted by Gasteiger charge is -2.43. The molecule has 0 radical (unpaired) electrons. The number of rotatable bonds is 10. The van der Waals surface area contributed by atoms with Gasteiger partial charge in [0.2, 0.25) is 0 Å². The Kier molecular flexibility index (Phi) is 9.13. The predicted molar refractivity (Wildman–Crippen MR) is 110 cm³/mol. The van der Waals surface area contributed by atoms with E-state index in [0.29, 0.717) is 12.3 Å². The van der Waals surface area contributed by atoms with Crippen molar-refractivity contribution in [2.24, 2.45) is 29.1 Å². The second-order valence-corrected chi connectivity index (χ2v) is 9.57. The maximum atomic E-state index is 10.8. The van der Waals surface area contributed by atoms with Crippen molar-refractivity contribution in [2.45, 2.75) is 110 Å². The molecule has 3 nitrogen and oxygen atoms in total. The molecule has 1 N–H and O–H groups in total. The average molecular weight is 376 g/mol. The van der Waals surface area contributed by atoms with Crippen molar-refractivity contribution < 1.29 is 9.90 Å². The Hall–Kier alpha value is -1.04. The van der Waals surface area contributed by atoms with Gasteiger partial charge >= 0.3 is 5.97 Å². The van der Waals surface area contributed by atoms with Crippen LogP contribution in [0.1, 0.15) is 110 Å². The third-order valence-electron chi connectivity index (χ3n) is 7.89. The third-order valence-corrected chi connectivity index (χ3v) is 7.89. The molecule has 1 atom stereocenters. The number of hydrogen-bond donors (Lipinski definition) is 1. The van der Waals surface area contributed by atoms with Gasteiger partial charge in [-0.15, -0.1) is 0 Å². The zero-order chi connectivity index (χ0) is 19.7. The van der Waals surface area contributed by atoms with Crippen LogP contribution in [0, 0.1) is 40.4 Å². The van der Waals surface area contributed by atoms with Crippen LogP contribution in [-0.4, -0.2) is 11.1 Å². The Labute approximate surface area is 166 Å². The van der Waals surface area contributed by atoms with Crippen molar-refractivity contribution in [1.29, 1.82) is 5.26 Å². The van der Waals surface area contributed by atoms with Gasteiger partial charge in [-0.25, -0.2) is 0 Å². The summed E-state index contributed by atoms with van der Waals surface area (Å²) in [4.78, 5) is 10.8. The van der Waals surface area contributed by atoms with Gasteiger partial charge in [-0.3, -0.25) is 4.79 Å². The number of aliphatic carboxylic acids is 1. The van der Waals surface area contributed by atoms with E-state index in [1.54, 1.807) is 0 Å². The molecule has 27 heavy (non-hydrogen) atoms. The zero-order valence-corrected chi connectivity index (χ0v) is 17.7. The first-order valence-electron chi connectivity index (χ1n) is 11.6. The van der Waals surface area contributed by atoms with E-state index in [2.05, 4.69) is 19.9 Å². The molecule has 3 heteroatoms. The van der Waals surface area contributed by atoms with Crippen molar-refractivity contribution >= 4 is 5.97 Å². The van der Waals surface area contributed by atoms with Gasteiger partial charge in [0.25, 0.3) is 0 Å². The van der Waals surface area contributed by atoms with Gasteiger partial charge in [-0.05, 0) is 75.0 Å². The number of nitriles is 1.